The summed E-state index contributed by atoms with van der Waals surface area (Å²) in [6, 6.07) is 8.27. The average Bonchev–Trinajstić information content (AvgIpc) is 2.16. The lowest BCUT2D eigenvalue weighted by molar-refractivity contribution is 0.458. The molecule has 0 aromatic heterocycles. The van der Waals surface area contributed by atoms with E-state index >= 15 is 0 Å². The van der Waals surface area contributed by atoms with Gasteiger partial charge in [-0.3, -0.25) is 0 Å². The summed E-state index contributed by atoms with van der Waals surface area (Å²) in [7, 11) is 0. The molecule has 1 rings (SSSR count). The highest BCUT2D eigenvalue weighted by Crippen LogP contribution is 2.29. The number of unbranched alkanes of at least 4 members (excludes halogenated alkanes) is 1. The number of hydrogen-bond acceptors (Lipinski definition) is 1. The van der Waals surface area contributed by atoms with Crippen molar-refractivity contribution in [1.82, 2.24) is 0 Å². The van der Waals surface area contributed by atoms with Crippen LogP contribution in [0.1, 0.15) is 45.6 Å². The largest absolute Gasteiger partial charge is 0.399 e. The van der Waals surface area contributed by atoms with Crippen LogP contribution < -0.4 is 5.73 Å². The quantitative estimate of drug-likeness (QED) is 0.721. The van der Waals surface area contributed by atoms with E-state index in [2.05, 4.69) is 32.9 Å². The van der Waals surface area contributed by atoms with Crippen LogP contribution in [-0.4, -0.2) is 0 Å². The van der Waals surface area contributed by atoms with Gasteiger partial charge in [-0.15, -0.1) is 0 Å². The van der Waals surface area contributed by atoms with Crippen LogP contribution in [0.25, 0.3) is 0 Å². The summed E-state index contributed by atoms with van der Waals surface area (Å²) >= 11 is 0. The van der Waals surface area contributed by atoms with Crippen molar-refractivity contribution in [2.75, 3.05) is 5.73 Å². The number of rotatable bonds is 4. The zero-order chi connectivity index (χ0) is 10.6. The molecule has 0 unspecified atom stereocenters. The number of anilines is 1. The first-order valence-corrected chi connectivity index (χ1v) is 5.42. The molecular formula is C13H21N. The number of benzene rings is 1. The first-order valence-electron chi connectivity index (χ1n) is 5.42. The summed E-state index contributed by atoms with van der Waals surface area (Å²) < 4.78 is 0. The molecule has 0 heterocycles. The molecule has 1 aromatic carbocycles. The summed E-state index contributed by atoms with van der Waals surface area (Å²) in [4.78, 5) is 0. The van der Waals surface area contributed by atoms with Gasteiger partial charge < -0.3 is 5.73 Å². The molecule has 0 aliphatic rings. The fraction of sp³-hybridized carbons (Fsp3) is 0.538. The van der Waals surface area contributed by atoms with E-state index in [1.54, 1.807) is 0 Å². The highest BCUT2D eigenvalue weighted by atomic mass is 14.5. The lowest BCUT2D eigenvalue weighted by Crippen LogP contribution is -2.16. The Labute approximate surface area is 87.3 Å². The van der Waals surface area contributed by atoms with Crippen molar-refractivity contribution in [1.29, 1.82) is 0 Å². The molecule has 1 heteroatoms. The fourth-order valence-corrected chi connectivity index (χ4v) is 1.70. The molecule has 0 aliphatic carbocycles. The molecule has 0 radical (unpaired) electrons. The van der Waals surface area contributed by atoms with Crippen LogP contribution in [0.3, 0.4) is 0 Å². The predicted octanol–water partition coefficient (Wildman–Crippen LogP) is 3.74. The van der Waals surface area contributed by atoms with Crippen LogP contribution in [0, 0.1) is 0 Å². The van der Waals surface area contributed by atoms with Crippen LogP contribution in [-0.2, 0) is 5.41 Å². The zero-order valence-corrected chi connectivity index (χ0v) is 9.51. The minimum absolute atomic E-state index is 0.281. The summed E-state index contributed by atoms with van der Waals surface area (Å²) in [5.41, 5.74) is 8.19. The Morgan fingerprint density at radius 2 is 1.71 bits per heavy atom. The standard InChI is InChI=1S/C13H21N/c1-4-5-10-13(2,3)11-6-8-12(14)9-7-11/h6-9H,4-5,10,14H2,1-3H3. The van der Waals surface area contributed by atoms with Crippen molar-refractivity contribution in [2.45, 2.75) is 45.4 Å². The van der Waals surface area contributed by atoms with Crippen molar-refractivity contribution in [2.24, 2.45) is 0 Å². The highest BCUT2D eigenvalue weighted by Gasteiger charge is 2.19. The summed E-state index contributed by atoms with van der Waals surface area (Å²) in [5, 5.41) is 0. The Hall–Kier alpha value is -0.980. The molecule has 14 heavy (non-hydrogen) atoms. The lowest BCUT2D eigenvalue weighted by Gasteiger charge is -2.25. The second-order valence-corrected chi connectivity index (χ2v) is 4.61. The normalized spacial score (nSPS) is 11.6. The molecule has 0 saturated heterocycles. The maximum atomic E-state index is 5.67. The Morgan fingerprint density at radius 1 is 1.14 bits per heavy atom. The number of nitrogens with two attached hydrogens (primary N) is 1. The van der Waals surface area contributed by atoms with Gasteiger partial charge >= 0.3 is 0 Å². The fourth-order valence-electron chi connectivity index (χ4n) is 1.70. The first kappa shape index (κ1) is 11.1. The van der Waals surface area contributed by atoms with E-state index in [1.165, 1.54) is 24.8 Å². The van der Waals surface area contributed by atoms with Crippen molar-refractivity contribution < 1.29 is 0 Å². The Morgan fingerprint density at radius 3 is 2.21 bits per heavy atom. The van der Waals surface area contributed by atoms with E-state index in [0.29, 0.717) is 0 Å². The van der Waals surface area contributed by atoms with Gasteiger partial charge in [-0.25, -0.2) is 0 Å². The van der Waals surface area contributed by atoms with Gasteiger partial charge in [0, 0.05) is 5.69 Å². The van der Waals surface area contributed by atoms with Crippen molar-refractivity contribution in [3.05, 3.63) is 29.8 Å². The molecule has 2 N–H and O–H groups in total. The SMILES string of the molecule is CCCCC(C)(C)c1ccc(N)cc1. The van der Waals surface area contributed by atoms with Crippen LogP contribution >= 0.6 is 0 Å². The molecule has 0 atom stereocenters. The van der Waals surface area contributed by atoms with E-state index in [-0.39, 0.29) is 5.41 Å². The van der Waals surface area contributed by atoms with Gasteiger partial charge in [-0.2, -0.15) is 0 Å². The third-order valence-electron chi connectivity index (χ3n) is 2.85. The Bertz CT molecular complexity index is 272. The molecule has 1 nitrogen and oxygen atoms in total. The van der Waals surface area contributed by atoms with Gasteiger partial charge in [-0.05, 0) is 29.5 Å². The molecule has 0 aliphatic heterocycles. The summed E-state index contributed by atoms with van der Waals surface area (Å²) in [6.07, 6.45) is 3.79. The van der Waals surface area contributed by atoms with Crippen molar-refractivity contribution in [3.63, 3.8) is 0 Å². The van der Waals surface area contributed by atoms with Crippen molar-refractivity contribution in [3.8, 4) is 0 Å². The van der Waals surface area contributed by atoms with Gasteiger partial charge in [0.15, 0.2) is 0 Å². The van der Waals surface area contributed by atoms with E-state index < -0.39 is 0 Å². The maximum Gasteiger partial charge on any atom is 0.0314 e. The van der Waals surface area contributed by atoms with Crippen LogP contribution in [0.4, 0.5) is 5.69 Å². The van der Waals surface area contributed by atoms with E-state index in [1.807, 2.05) is 12.1 Å². The van der Waals surface area contributed by atoms with Gasteiger partial charge in [0.25, 0.3) is 0 Å². The second kappa shape index (κ2) is 4.50. The third-order valence-corrected chi connectivity index (χ3v) is 2.85. The van der Waals surface area contributed by atoms with Gasteiger partial charge in [-0.1, -0.05) is 45.7 Å². The van der Waals surface area contributed by atoms with Crippen molar-refractivity contribution >= 4 is 5.69 Å². The molecule has 78 valence electrons. The lowest BCUT2D eigenvalue weighted by atomic mass is 9.80. The van der Waals surface area contributed by atoms with Gasteiger partial charge in [0.05, 0.1) is 0 Å². The minimum Gasteiger partial charge on any atom is -0.399 e. The summed E-state index contributed by atoms with van der Waals surface area (Å²) in [5.74, 6) is 0. The maximum absolute atomic E-state index is 5.67. The third kappa shape index (κ3) is 2.76. The van der Waals surface area contributed by atoms with Gasteiger partial charge in [0.2, 0.25) is 0 Å². The average molecular weight is 191 g/mol. The summed E-state index contributed by atoms with van der Waals surface area (Å²) in [6.45, 7) is 6.83. The molecule has 0 saturated carbocycles. The molecule has 1 aromatic rings. The topological polar surface area (TPSA) is 26.0 Å². The number of nitrogen functional groups attached to an aromatic ring is 1. The van der Waals surface area contributed by atoms with Crippen LogP contribution in [0.15, 0.2) is 24.3 Å². The first-order chi connectivity index (χ1) is 6.56. The highest BCUT2D eigenvalue weighted by molar-refractivity contribution is 5.41. The van der Waals surface area contributed by atoms with E-state index in [0.717, 1.165) is 5.69 Å². The predicted molar refractivity (Wildman–Crippen MR) is 63.4 cm³/mol. The number of hydrogen-bond donors (Lipinski definition) is 1. The van der Waals surface area contributed by atoms with Gasteiger partial charge in [0.1, 0.15) is 0 Å². The monoisotopic (exact) mass is 191 g/mol. The Balaban J connectivity index is 2.75. The van der Waals surface area contributed by atoms with E-state index in [9.17, 15) is 0 Å². The van der Waals surface area contributed by atoms with Crippen LogP contribution in [0.5, 0.6) is 0 Å². The molecular weight excluding hydrogens is 170 g/mol. The molecule has 0 spiro atoms. The zero-order valence-electron chi connectivity index (χ0n) is 9.51. The molecule has 0 fully saturated rings. The molecule has 0 bridgehead atoms. The van der Waals surface area contributed by atoms with Crippen LogP contribution in [0.2, 0.25) is 0 Å². The second-order valence-electron chi connectivity index (χ2n) is 4.61. The Kier molecular flexibility index (Phi) is 3.56. The smallest absolute Gasteiger partial charge is 0.0314 e. The minimum atomic E-state index is 0.281. The molecule has 0 amide bonds. The van der Waals surface area contributed by atoms with E-state index in [4.69, 9.17) is 5.73 Å².